The van der Waals surface area contributed by atoms with Crippen LogP contribution in [-0.4, -0.2) is 110 Å². The highest BCUT2D eigenvalue weighted by Gasteiger charge is 2.64. The van der Waals surface area contributed by atoms with E-state index in [9.17, 15) is 23.6 Å². The molecule has 5 heterocycles. The third-order valence-corrected chi connectivity index (χ3v) is 16.1. The lowest BCUT2D eigenvalue weighted by molar-refractivity contribution is -0.164. The summed E-state index contributed by atoms with van der Waals surface area (Å²) in [5, 5.41) is 17.1. The first-order chi connectivity index (χ1) is 34.4. The highest BCUT2D eigenvalue weighted by molar-refractivity contribution is 6.31. The fourth-order valence-corrected chi connectivity index (χ4v) is 12.5. The molecule has 14 nitrogen and oxygen atoms in total. The molecule has 3 aliphatic heterocycles. The summed E-state index contributed by atoms with van der Waals surface area (Å²) in [7, 11) is 7.57. The van der Waals surface area contributed by atoms with Crippen molar-refractivity contribution >= 4 is 52.6 Å². The molecular weight excluding hydrogens is 936 g/mol. The lowest BCUT2D eigenvalue weighted by Gasteiger charge is -2.63. The number of carbonyl (C=O) groups is 2. The number of alkyl halides is 2. The van der Waals surface area contributed by atoms with Crippen LogP contribution in [0.3, 0.4) is 0 Å². The van der Waals surface area contributed by atoms with Gasteiger partial charge in [0.15, 0.2) is 0 Å². The van der Waals surface area contributed by atoms with Crippen LogP contribution in [0, 0.1) is 28.1 Å². The van der Waals surface area contributed by atoms with E-state index in [0.29, 0.717) is 51.4 Å². The molecule has 0 bridgehead atoms. The van der Waals surface area contributed by atoms with Gasteiger partial charge in [0.1, 0.15) is 17.9 Å². The number of piperidine rings is 2. The molecular formula is C55H66ClF2N11O3. The van der Waals surface area contributed by atoms with Crippen LogP contribution in [0.1, 0.15) is 105 Å². The quantitative estimate of drug-likeness (QED) is 0.106. The minimum Gasteiger partial charge on any atom is -0.489 e. The molecule has 1 N–H and O–H groups in total. The molecule has 3 aromatic carbocycles. The maximum absolute atomic E-state index is 14.8. The van der Waals surface area contributed by atoms with Crippen LogP contribution in [0.2, 0.25) is 5.02 Å². The van der Waals surface area contributed by atoms with E-state index in [1.54, 1.807) is 65.7 Å². The zero-order chi connectivity index (χ0) is 51.2. The third-order valence-electron chi connectivity index (χ3n) is 15.8. The molecule has 5 aromatic rings. The van der Waals surface area contributed by atoms with E-state index in [-0.39, 0.29) is 29.5 Å². The average molecular weight is 1000 g/mol. The zero-order valence-corrected chi connectivity index (χ0v) is 43.4. The Morgan fingerprint density at radius 1 is 0.972 bits per heavy atom. The number of nitriles is 1. The van der Waals surface area contributed by atoms with Crippen molar-refractivity contribution in [1.29, 1.82) is 5.26 Å². The molecule has 1 saturated carbocycles. The largest absolute Gasteiger partial charge is 0.489 e. The Hall–Kier alpha value is -6.31. The van der Waals surface area contributed by atoms with Gasteiger partial charge in [0.25, 0.3) is 12.3 Å². The molecule has 1 aliphatic carbocycles. The molecule has 9 rings (SSSR count). The Bertz CT molecular complexity index is 2830. The number of nitrogens with zero attached hydrogens (tertiary/aromatic N) is 10. The molecule has 0 radical (unpaired) electrons. The van der Waals surface area contributed by atoms with Gasteiger partial charge in [0, 0.05) is 118 Å². The number of aryl methyl sites for hydroxylation is 2. The number of hydrogen-bond acceptors (Lipinski definition) is 11. The molecule has 380 valence electrons. The van der Waals surface area contributed by atoms with Gasteiger partial charge in [-0.05, 0) is 117 Å². The Balaban J connectivity index is 0.816. The monoisotopic (exact) mass is 1000 g/mol. The van der Waals surface area contributed by atoms with E-state index < -0.39 is 17.3 Å². The lowest BCUT2D eigenvalue weighted by Crippen LogP contribution is -2.74. The maximum Gasteiger partial charge on any atom is 0.264 e. The van der Waals surface area contributed by atoms with Crippen LogP contribution >= 0.6 is 11.6 Å². The second kappa shape index (κ2) is 20.3. The second-order valence-corrected chi connectivity index (χ2v) is 22.0. The van der Waals surface area contributed by atoms with Crippen molar-refractivity contribution in [2.75, 3.05) is 80.0 Å². The highest BCUT2D eigenvalue weighted by Crippen LogP contribution is 2.56. The van der Waals surface area contributed by atoms with Crippen LogP contribution < -0.4 is 29.7 Å². The van der Waals surface area contributed by atoms with Gasteiger partial charge in [-0.3, -0.25) is 14.3 Å². The fraction of sp³-hybridized carbons (Fsp3) is 0.491. The molecule has 4 aliphatic rings. The van der Waals surface area contributed by atoms with Crippen LogP contribution in [-0.2, 0) is 18.3 Å². The molecule has 72 heavy (non-hydrogen) atoms. The number of hydrogen-bond donors (Lipinski definition) is 1. The van der Waals surface area contributed by atoms with Crippen LogP contribution in [0.25, 0.3) is 11.1 Å². The number of rotatable bonds is 14. The van der Waals surface area contributed by atoms with Crippen LogP contribution in [0.15, 0.2) is 67.3 Å². The number of amides is 2. The SMILES string of the molecule is CN(C)c1cc(N2CCCc3cc(-c4cnn(C)c4)c(C(F)F)cc32)cc(C2CCN(CC3CCN(c4ncc(C(=O)NC5C(C)(C)C(Oc6ccc(C#N)c(Cl)c6)C5(C)C)cn4)CC3)CC2)c1N(C)C=O. The van der Waals surface area contributed by atoms with Crippen molar-refractivity contribution in [2.45, 2.75) is 90.7 Å². The summed E-state index contributed by atoms with van der Waals surface area (Å²) in [5.41, 5.74) is 6.87. The number of aromatic nitrogens is 4. The number of carbonyl (C=O) groups excluding carboxylic acids is 2. The molecule has 2 saturated heterocycles. The first-order valence-electron chi connectivity index (χ1n) is 25.1. The molecule has 2 amide bonds. The van der Waals surface area contributed by atoms with Crippen molar-refractivity contribution in [3.05, 3.63) is 100 Å². The summed E-state index contributed by atoms with van der Waals surface area (Å²) in [6, 6.07) is 14.9. The Kier molecular flexibility index (Phi) is 14.3. The Morgan fingerprint density at radius 3 is 2.29 bits per heavy atom. The molecule has 17 heteroatoms. The second-order valence-electron chi connectivity index (χ2n) is 21.6. The highest BCUT2D eigenvalue weighted by atomic mass is 35.5. The number of ether oxygens (including phenoxy) is 1. The number of likely N-dealkylation sites (tertiary alicyclic amines) is 1. The number of benzene rings is 3. The van der Waals surface area contributed by atoms with Gasteiger partial charge in [-0.2, -0.15) is 10.4 Å². The van der Waals surface area contributed by atoms with E-state index in [1.807, 2.05) is 32.1 Å². The first kappa shape index (κ1) is 50.6. The topological polar surface area (TPSA) is 139 Å². The summed E-state index contributed by atoms with van der Waals surface area (Å²) in [5.74, 6) is 1.69. The summed E-state index contributed by atoms with van der Waals surface area (Å²) in [6.07, 6.45) is 10.2. The van der Waals surface area contributed by atoms with Gasteiger partial charge in [-0.15, -0.1) is 0 Å². The van der Waals surface area contributed by atoms with Crippen LogP contribution in [0.4, 0.5) is 37.5 Å². The van der Waals surface area contributed by atoms with Gasteiger partial charge in [0.05, 0.1) is 33.7 Å². The Morgan fingerprint density at radius 2 is 1.68 bits per heavy atom. The predicted octanol–water partition coefficient (Wildman–Crippen LogP) is 9.79. The minimum absolute atomic E-state index is 0.00426. The zero-order valence-electron chi connectivity index (χ0n) is 42.6. The minimum atomic E-state index is -2.65. The predicted molar refractivity (Wildman–Crippen MR) is 279 cm³/mol. The van der Waals surface area contributed by atoms with Crippen molar-refractivity contribution in [2.24, 2.45) is 23.8 Å². The summed E-state index contributed by atoms with van der Waals surface area (Å²) >= 11 is 6.28. The molecule has 0 unspecified atom stereocenters. The summed E-state index contributed by atoms with van der Waals surface area (Å²) in [4.78, 5) is 46.1. The number of fused-ring (bicyclic) bond motifs is 1. The van der Waals surface area contributed by atoms with Crippen molar-refractivity contribution in [3.8, 4) is 22.9 Å². The van der Waals surface area contributed by atoms with Crippen molar-refractivity contribution in [3.63, 3.8) is 0 Å². The molecule has 0 atom stereocenters. The van der Waals surface area contributed by atoms with Gasteiger partial charge < -0.3 is 34.6 Å². The van der Waals surface area contributed by atoms with Gasteiger partial charge in [0.2, 0.25) is 12.4 Å². The van der Waals surface area contributed by atoms with Crippen molar-refractivity contribution in [1.82, 2.24) is 30.0 Å². The molecule has 3 fully saturated rings. The first-order valence-corrected chi connectivity index (χ1v) is 25.5. The standard InChI is InChI=1S/C55H66ClF2N11O3/c1-54(2)51(55(3,4)52(54)72-41-12-11-37(27-59)45(56)25-41)63-50(71)38-28-60-53(61-29-38)68-20-13-34(14-21-68)31-67-18-15-35(16-19-67)43-23-40(24-47(64(5)6)48(43)65(7)33-70)69-17-9-10-36-22-42(39-30-62-66(8)32-39)44(49(57)58)26-46(36)69/h11-12,22-26,28-30,32-35,49,51-52H,9-10,13-21,31H2,1-8H3,(H,63,71). The molecule has 2 aromatic heterocycles. The number of halogens is 3. The smallest absolute Gasteiger partial charge is 0.264 e. The average Bonchev–Trinajstić information content (AvgIpc) is 3.82. The lowest BCUT2D eigenvalue weighted by atomic mass is 9.49. The fourth-order valence-electron chi connectivity index (χ4n) is 12.3. The summed E-state index contributed by atoms with van der Waals surface area (Å²) in [6.45, 7) is 13.5. The van der Waals surface area contributed by atoms with E-state index in [2.05, 4.69) is 81.0 Å². The van der Waals surface area contributed by atoms with E-state index >= 15 is 0 Å². The van der Waals surface area contributed by atoms with Gasteiger partial charge in [-0.25, -0.2) is 18.7 Å². The van der Waals surface area contributed by atoms with Crippen LogP contribution in [0.5, 0.6) is 5.75 Å². The van der Waals surface area contributed by atoms with E-state index in [1.165, 1.54) is 0 Å². The number of nitrogens with one attached hydrogen (secondary N) is 1. The van der Waals surface area contributed by atoms with Crippen molar-refractivity contribution < 1.29 is 23.1 Å². The van der Waals surface area contributed by atoms with E-state index in [4.69, 9.17) is 16.3 Å². The number of anilines is 5. The van der Waals surface area contributed by atoms with E-state index in [0.717, 1.165) is 112 Å². The summed E-state index contributed by atoms with van der Waals surface area (Å²) < 4.78 is 37.6. The third kappa shape index (κ3) is 9.82. The molecule has 0 spiro atoms. The Labute approximate surface area is 426 Å². The normalized spacial score (nSPS) is 20.1. The van der Waals surface area contributed by atoms with Gasteiger partial charge in [-0.1, -0.05) is 39.3 Å². The van der Waals surface area contributed by atoms with Gasteiger partial charge >= 0.3 is 0 Å². The maximum atomic E-state index is 14.8.